The quantitative estimate of drug-likeness (QED) is 0.521. The van der Waals surface area contributed by atoms with Crippen molar-refractivity contribution >= 4 is 11.0 Å². The van der Waals surface area contributed by atoms with Gasteiger partial charge in [-0.25, -0.2) is 4.39 Å². The average molecular weight is 459 g/mol. The fourth-order valence-electron chi connectivity index (χ4n) is 4.31. The van der Waals surface area contributed by atoms with Crippen LogP contribution in [0.4, 0.5) is 22.0 Å². The van der Waals surface area contributed by atoms with Crippen LogP contribution in [0.2, 0.25) is 0 Å². The molecule has 12 heteroatoms. The molecule has 2 aromatic heterocycles. The molecule has 1 aliphatic heterocycles. The molecular weight excluding hydrogens is 441 g/mol. The summed E-state index contributed by atoms with van der Waals surface area (Å²) in [5.41, 5.74) is -4.30. The minimum atomic E-state index is -4.82. The molecule has 0 spiro atoms. The lowest BCUT2D eigenvalue weighted by Crippen LogP contribution is -2.46. The standard InChI is InChI=1S/C20H18F5N3O4/c1-7-12(8-4-5-9(21)14(22)15(8)31-3)16(32-19(7,2)20(23,24)25)10-6-11(29)13-17(26-10)27-28-18(13)30/h4-7,12,16H,1-3H3,(H3,26,27,28,29,30)/t7-,12-,16-,19+/m0/s1. The van der Waals surface area contributed by atoms with Gasteiger partial charge in [0.05, 0.1) is 12.8 Å². The van der Waals surface area contributed by atoms with Crippen LogP contribution in [0.25, 0.3) is 11.0 Å². The van der Waals surface area contributed by atoms with E-state index >= 15 is 0 Å². The maximum Gasteiger partial charge on any atom is 0.417 e. The van der Waals surface area contributed by atoms with Gasteiger partial charge >= 0.3 is 6.18 Å². The van der Waals surface area contributed by atoms with Crippen LogP contribution in [0.1, 0.15) is 37.1 Å². The Kier molecular flexibility index (Phi) is 4.96. The number of benzene rings is 1. The molecule has 0 aliphatic carbocycles. The zero-order valence-corrected chi connectivity index (χ0v) is 17.0. The Labute approximate surface area is 176 Å². The average Bonchev–Trinajstić information content (AvgIpc) is 3.22. The second-order valence-electron chi connectivity index (χ2n) is 7.86. The van der Waals surface area contributed by atoms with Crippen molar-refractivity contribution in [1.29, 1.82) is 0 Å². The van der Waals surface area contributed by atoms with Crippen LogP contribution in [-0.4, -0.2) is 34.1 Å². The summed E-state index contributed by atoms with van der Waals surface area (Å²) in [4.78, 5) is 27.0. The third-order valence-electron chi connectivity index (χ3n) is 6.20. The summed E-state index contributed by atoms with van der Waals surface area (Å²) < 4.78 is 80.7. The number of halogens is 5. The fourth-order valence-corrected chi connectivity index (χ4v) is 4.31. The molecule has 0 bridgehead atoms. The summed E-state index contributed by atoms with van der Waals surface area (Å²) in [6.07, 6.45) is -6.25. The number of hydrogen-bond donors (Lipinski definition) is 3. The number of fused-ring (bicyclic) bond motifs is 1. The first-order valence-electron chi connectivity index (χ1n) is 9.50. The highest BCUT2D eigenvalue weighted by molar-refractivity contribution is 5.73. The molecule has 172 valence electrons. The number of nitrogens with one attached hydrogen (secondary N) is 3. The van der Waals surface area contributed by atoms with E-state index < -0.39 is 58.1 Å². The SMILES string of the molecule is COc1c([C@H]2[C@H](c3cc(=O)c4c(=O)[nH][nH]c4[nH]3)O[C@@](C)(C(F)(F)F)[C@H]2C)ccc(F)c1F. The topological polar surface area (TPSA) is 100.0 Å². The van der Waals surface area contributed by atoms with E-state index in [9.17, 15) is 31.5 Å². The van der Waals surface area contributed by atoms with Gasteiger partial charge < -0.3 is 14.5 Å². The number of rotatable bonds is 3. The van der Waals surface area contributed by atoms with Crippen molar-refractivity contribution in [3.05, 3.63) is 61.7 Å². The number of H-pyrrole nitrogens is 3. The van der Waals surface area contributed by atoms with Gasteiger partial charge in [-0.2, -0.15) is 17.6 Å². The summed E-state index contributed by atoms with van der Waals surface area (Å²) in [6, 6.07) is 2.88. The third kappa shape index (κ3) is 3.04. The van der Waals surface area contributed by atoms with Gasteiger partial charge in [0.25, 0.3) is 5.56 Å². The van der Waals surface area contributed by atoms with Crippen molar-refractivity contribution in [2.75, 3.05) is 7.11 Å². The van der Waals surface area contributed by atoms with Crippen LogP contribution < -0.4 is 15.7 Å². The maximum absolute atomic E-state index is 14.4. The van der Waals surface area contributed by atoms with Crippen LogP contribution in [0.5, 0.6) is 5.75 Å². The predicted octanol–water partition coefficient (Wildman–Crippen LogP) is 3.64. The van der Waals surface area contributed by atoms with Crippen molar-refractivity contribution in [2.45, 2.75) is 37.6 Å². The van der Waals surface area contributed by atoms with E-state index in [0.29, 0.717) is 0 Å². The summed E-state index contributed by atoms with van der Waals surface area (Å²) in [6.45, 7) is 2.12. The van der Waals surface area contributed by atoms with Crippen LogP contribution in [-0.2, 0) is 4.74 Å². The Bertz CT molecular complexity index is 1310. The molecule has 1 aliphatic rings. The van der Waals surface area contributed by atoms with E-state index in [0.717, 1.165) is 32.2 Å². The molecule has 1 aromatic carbocycles. The molecule has 0 radical (unpaired) electrons. The monoisotopic (exact) mass is 459 g/mol. The molecule has 0 saturated carbocycles. The molecule has 4 rings (SSSR count). The van der Waals surface area contributed by atoms with Gasteiger partial charge in [0.15, 0.2) is 22.6 Å². The van der Waals surface area contributed by atoms with Gasteiger partial charge in [-0.3, -0.25) is 19.8 Å². The molecular formula is C20H18F5N3O4. The zero-order valence-electron chi connectivity index (χ0n) is 17.0. The highest BCUT2D eigenvalue weighted by atomic mass is 19.4. The third-order valence-corrected chi connectivity index (χ3v) is 6.20. The molecule has 0 amide bonds. The number of pyridine rings is 1. The summed E-state index contributed by atoms with van der Waals surface area (Å²) >= 11 is 0. The highest BCUT2D eigenvalue weighted by Gasteiger charge is 2.65. The van der Waals surface area contributed by atoms with E-state index in [1.54, 1.807) is 0 Å². The van der Waals surface area contributed by atoms with Crippen LogP contribution in [0.15, 0.2) is 27.8 Å². The van der Waals surface area contributed by atoms with Crippen LogP contribution in [0.3, 0.4) is 0 Å². The predicted molar refractivity (Wildman–Crippen MR) is 103 cm³/mol. The Hall–Kier alpha value is -3.15. The number of methoxy groups -OCH3 is 1. The van der Waals surface area contributed by atoms with E-state index in [1.807, 2.05) is 0 Å². The van der Waals surface area contributed by atoms with Gasteiger partial charge in [-0.1, -0.05) is 13.0 Å². The first-order chi connectivity index (χ1) is 14.9. The lowest BCUT2D eigenvalue weighted by molar-refractivity contribution is -0.275. The van der Waals surface area contributed by atoms with Gasteiger partial charge in [0.1, 0.15) is 17.1 Å². The molecule has 3 N–H and O–H groups in total. The Morgan fingerprint density at radius 2 is 1.84 bits per heavy atom. The van der Waals surface area contributed by atoms with Gasteiger partial charge in [0, 0.05) is 23.5 Å². The first-order valence-corrected chi connectivity index (χ1v) is 9.50. The largest absolute Gasteiger partial charge is 0.493 e. The van der Waals surface area contributed by atoms with E-state index in [1.165, 1.54) is 6.92 Å². The summed E-state index contributed by atoms with van der Waals surface area (Å²) in [5.74, 6) is -5.62. The summed E-state index contributed by atoms with van der Waals surface area (Å²) in [7, 11) is 1.07. The van der Waals surface area contributed by atoms with Crippen molar-refractivity contribution in [3.63, 3.8) is 0 Å². The maximum atomic E-state index is 14.4. The molecule has 3 aromatic rings. The first kappa shape index (κ1) is 22.1. The smallest absolute Gasteiger partial charge is 0.417 e. The molecule has 1 saturated heterocycles. The van der Waals surface area contributed by atoms with E-state index in [2.05, 4.69) is 15.2 Å². The number of alkyl halides is 3. The Morgan fingerprint density at radius 1 is 1.16 bits per heavy atom. The molecule has 32 heavy (non-hydrogen) atoms. The minimum Gasteiger partial charge on any atom is -0.493 e. The lowest BCUT2D eigenvalue weighted by Gasteiger charge is -2.32. The number of aromatic amines is 3. The molecule has 1 fully saturated rings. The summed E-state index contributed by atoms with van der Waals surface area (Å²) in [5, 5.41) is 4.42. The molecule has 3 heterocycles. The molecule has 7 nitrogen and oxygen atoms in total. The normalized spacial score (nSPS) is 26.1. The number of aromatic nitrogens is 3. The lowest BCUT2D eigenvalue weighted by atomic mass is 9.76. The zero-order chi connectivity index (χ0) is 23.6. The van der Waals surface area contributed by atoms with Gasteiger partial charge in [0.2, 0.25) is 5.82 Å². The van der Waals surface area contributed by atoms with Gasteiger partial charge in [-0.05, 0) is 13.0 Å². The second kappa shape index (κ2) is 7.19. The highest BCUT2D eigenvalue weighted by Crippen LogP contribution is 2.59. The minimum absolute atomic E-state index is 0.0367. The Morgan fingerprint density at radius 3 is 2.47 bits per heavy atom. The van der Waals surface area contributed by atoms with Crippen molar-refractivity contribution in [1.82, 2.24) is 15.2 Å². The van der Waals surface area contributed by atoms with Crippen molar-refractivity contribution < 1.29 is 31.4 Å². The van der Waals surface area contributed by atoms with Crippen LogP contribution >= 0.6 is 0 Å². The molecule has 0 unspecified atom stereocenters. The van der Waals surface area contributed by atoms with E-state index in [4.69, 9.17) is 9.47 Å². The fraction of sp³-hybridized carbons (Fsp3) is 0.400. The van der Waals surface area contributed by atoms with Gasteiger partial charge in [-0.15, -0.1) is 0 Å². The second-order valence-corrected chi connectivity index (χ2v) is 7.86. The Balaban J connectivity index is 1.97. The van der Waals surface area contributed by atoms with E-state index in [-0.39, 0.29) is 22.3 Å². The van der Waals surface area contributed by atoms with Crippen molar-refractivity contribution in [2.24, 2.45) is 5.92 Å². The number of hydrogen-bond acceptors (Lipinski definition) is 4. The number of ether oxygens (including phenoxy) is 2. The molecule has 4 atom stereocenters. The van der Waals surface area contributed by atoms with Crippen LogP contribution in [0, 0.1) is 17.6 Å². The van der Waals surface area contributed by atoms with Crippen molar-refractivity contribution in [3.8, 4) is 5.75 Å².